The summed E-state index contributed by atoms with van der Waals surface area (Å²) in [6.45, 7) is 4.18. The summed E-state index contributed by atoms with van der Waals surface area (Å²) in [5.74, 6) is -0.789. The Kier molecular flexibility index (Phi) is 4.17. The van der Waals surface area contributed by atoms with Crippen molar-refractivity contribution in [2.24, 2.45) is 5.92 Å². The van der Waals surface area contributed by atoms with E-state index in [4.69, 9.17) is 5.11 Å². The number of aromatic nitrogens is 2. The second-order valence-corrected chi connectivity index (χ2v) is 3.64. The fourth-order valence-electron chi connectivity index (χ4n) is 1.25. The van der Waals surface area contributed by atoms with Gasteiger partial charge in [-0.15, -0.1) is 0 Å². The number of carbonyl (C=O) groups is 1. The third kappa shape index (κ3) is 3.63. The zero-order valence-corrected chi connectivity index (χ0v) is 8.84. The van der Waals surface area contributed by atoms with Crippen molar-refractivity contribution >= 4 is 5.97 Å². The minimum Gasteiger partial charge on any atom is -0.480 e. The van der Waals surface area contributed by atoms with Crippen LogP contribution in [0.1, 0.15) is 19.5 Å². The predicted octanol–water partition coefficient (Wildman–Crippen LogP) is 0.675. The van der Waals surface area contributed by atoms with Crippen LogP contribution < -0.4 is 5.32 Å². The van der Waals surface area contributed by atoms with Crippen molar-refractivity contribution in [3.8, 4) is 0 Å². The molecule has 1 rings (SSSR count). The molecule has 1 atom stereocenters. The first-order chi connectivity index (χ1) is 7.11. The molecule has 82 valence electrons. The van der Waals surface area contributed by atoms with Crippen molar-refractivity contribution in [3.05, 3.63) is 24.3 Å². The number of carboxylic acids is 1. The van der Waals surface area contributed by atoms with Crippen molar-refractivity contribution in [2.75, 3.05) is 0 Å². The minimum atomic E-state index is -0.834. The highest BCUT2D eigenvalue weighted by Gasteiger charge is 2.20. The first-order valence-corrected chi connectivity index (χ1v) is 4.82. The van der Waals surface area contributed by atoms with Crippen molar-refractivity contribution in [1.82, 2.24) is 15.3 Å². The highest BCUT2D eigenvalue weighted by atomic mass is 16.4. The minimum absolute atomic E-state index is 0.0457. The fraction of sp³-hybridized carbons (Fsp3) is 0.500. The van der Waals surface area contributed by atoms with Gasteiger partial charge in [0.05, 0.1) is 5.69 Å². The van der Waals surface area contributed by atoms with Crippen LogP contribution in [0, 0.1) is 5.92 Å². The van der Waals surface area contributed by atoms with Gasteiger partial charge in [-0.2, -0.15) is 0 Å². The maximum absolute atomic E-state index is 10.9. The van der Waals surface area contributed by atoms with Crippen LogP contribution in [0.3, 0.4) is 0 Å². The monoisotopic (exact) mass is 209 g/mol. The zero-order chi connectivity index (χ0) is 11.3. The highest BCUT2D eigenvalue weighted by molar-refractivity contribution is 5.73. The molecule has 5 nitrogen and oxygen atoms in total. The lowest BCUT2D eigenvalue weighted by Gasteiger charge is -2.17. The first kappa shape index (κ1) is 11.6. The first-order valence-electron chi connectivity index (χ1n) is 4.82. The van der Waals surface area contributed by atoms with Gasteiger partial charge in [0, 0.05) is 12.7 Å². The van der Waals surface area contributed by atoms with E-state index in [0.29, 0.717) is 6.54 Å². The van der Waals surface area contributed by atoms with E-state index < -0.39 is 12.0 Å². The molecule has 0 aromatic carbocycles. The lowest BCUT2D eigenvalue weighted by atomic mass is 10.0. The molecule has 1 heterocycles. The summed E-state index contributed by atoms with van der Waals surface area (Å²) in [7, 11) is 0. The van der Waals surface area contributed by atoms with Crippen molar-refractivity contribution in [3.63, 3.8) is 0 Å². The third-order valence-electron chi connectivity index (χ3n) is 2.08. The van der Waals surface area contributed by atoms with Gasteiger partial charge in [-0.1, -0.05) is 13.8 Å². The molecule has 5 heteroatoms. The normalized spacial score (nSPS) is 12.7. The Morgan fingerprint density at radius 2 is 2.33 bits per heavy atom. The fourth-order valence-corrected chi connectivity index (χ4v) is 1.25. The van der Waals surface area contributed by atoms with Gasteiger partial charge in [0.25, 0.3) is 0 Å². The van der Waals surface area contributed by atoms with Crippen LogP contribution in [0.15, 0.2) is 18.6 Å². The van der Waals surface area contributed by atoms with Crippen LogP contribution in [0.2, 0.25) is 0 Å². The van der Waals surface area contributed by atoms with Gasteiger partial charge in [0.2, 0.25) is 0 Å². The van der Waals surface area contributed by atoms with E-state index in [0.717, 1.165) is 5.69 Å². The number of nitrogens with zero attached hydrogens (tertiary/aromatic N) is 2. The molecule has 1 aromatic rings. The molecule has 0 amide bonds. The lowest BCUT2D eigenvalue weighted by molar-refractivity contribution is -0.140. The number of nitrogens with one attached hydrogen (secondary N) is 1. The second-order valence-electron chi connectivity index (χ2n) is 3.64. The third-order valence-corrected chi connectivity index (χ3v) is 2.08. The summed E-state index contributed by atoms with van der Waals surface area (Å²) in [4.78, 5) is 18.7. The molecular formula is C10H15N3O2. The summed E-state index contributed by atoms with van der Waals surface area (Å²) in [5.41, 5.74) is 0.789. The van der Waals surface area contributed by atoms with Gasteiger partial charge in [0.1, 0.15) is 12.4 Å². The van der Waals surface area contributed by atoms with Crippen LogP contribution in [0.4, 0.5) is 0 Å². The molecule has 0 fully saturated rings. The molecule has 0 radical (unpaired) electrons. The van der Waals surface area contributed by atoms with E-state index in [-0.39, 0.29) is 5.92 Å². The Bertz CT molecular complexity index is 314. The molecule has 15 heavy (non-hydrogen) atoms. The second kappa shape index (κ2) is 5.41. The molecule has 0 aliphatic heterocycles. The zero-order valence-electron chi connectivity index (χ0n) is 8.84. The van der Waals surface area contributed by atoms with Crippen molar-refractivity contribution in [1.29, 1.82) is 0 Å². The summed E-state index contributed by atoms with van der Waals surface area (Å²) in [5, 5.41) is 11.9. The Labute approximate surface area is 88.6 Å². The number of hydrogen-bond donors (Lipinski definition) is 2. The quantitative estimate of drug-likeness (QED) is 0.745. The molecule has 1 unspecified atom stereocenters. The van der Waals surface area contributed by atoms with E-state index in [1.165, 1.54) is 6.33 Å². The van der Waals surface area contributed by atoms with Crippen LogP contribution in [0.25, 0.3) is 0 Å². The maximum Gasteiger partial charge on any atom is 0.320 e. The number of carboxylic acid groups (broad SMARTS) is 1. The van der Waals surface area contributed by atoms with Gasteiger partial charge in [-0.3, -0.25) is 10.1 Å². The summed E-state index contributed by atoms with van der Waals surface area (Å²) in [6.07, 6.45) is 3.08. The average molecular weight is 209 g/mol. The molecule has 0 aliphatic carbocycles. The predicted molar refractivity (Wildman–Crippen MR) is 55.1 cm³/mol. The van der Waals surface area contributed by atoms with E-state index >= 15 is 0 Å². The molecule has 0 bridgehead atoms. The van der Waals surface area contributed by atoms with E-state index in [1.54, 1.807) is 12.3 Å². The topological polar surface area (TPSA) is 75.1 Å². The molecule has 0 saturated heterocycles. The Morgan fingerprint density at radius 3 is 2.80 bits per heavy atom. The number of aliphatic carboxylic acids is 1. The van der Waals surface area contributed by atoms with Gasteiger partial charge >= 0.3 is 5.97 Å². The summed E-state index contributed by atoms with van der Waals surface area (Å²) in [6, 6.07) is 1.21. The van der Waals surface area contributed by atoms with Crippen molar-refractivity contribution < 1.29 is 9.90 Å². The molecule has 0 aliphatic rings. The Morgan fingerprint density at radius 1 is 1.60 bits per heavy atom. The largest absolute Gasteiger partial charge is 0.480 e. The van der Waals surface area contributed by atoms with Gasteiger partial charge < -0.3 is 5.11 Å². The standard InChI is InChI=1S/C10H15N3O2/c1-7(2)9(10(14)15)12-5-8-3-4-11-6-13-8/h3-4,6-7,9,12H,5H2,1-2H3,(H,14,15). The van der Waals surface area contributed by atoms with Gasteiger partial charge in [-0.25, -0.2) is 9.97 Å². The Hall–Kier alpha value is -1.49. The van der Waals surface area contributed by atoms with Crippen LogP contribution in [-0.2, 0) is 11.3 Å². The van der Waals surface area contributed by atoms with Gasteiger partial charge in [-0.05, 0) is 12.0 Å². The van der Waals surface area contributed by atoms with Crippen molar-refractivity contribution in [2.45, 2.75) is 26.4 Å². The Balaban J connectivity index is 2.51. The SMILES string of the molecule is CC(C)C(NCc1ccncn1)C(=O)O. The van der Waals surface area contributed by atoms with E-state index in [9.17, 15) is 4.79 Å². The van der Waals surface area contributed by atoms with Crippen LogP contribution in [0.5, 0.6) is 0 Å². The summed E-state index contributed by atoms with van der Waals surface area (Å²) < 4.78 is 0. The smallest absolute Gasteiger partial charge is 0.320 e. The van der Waals surface area contributed by atoms with E-state index in [1.807, 2.05) is 13.8 Å². The molecule has 0 saturated carbocycles. The summed E-state index contributed by atoms with van der Waals surface area (Å²) >= 11 is 0. The van der Waals surface area contributed by atoms with Gasteiger partial charge in [0.15, 0.2) is 0 Å². The maximum atomic E-state index is 10.9. The highest BCUT2D eigenvalue weighted by Crippen LogP contribution is 2.02. The van der Waals surface area contributed by atoms with Crippen LogP contribution >= 0.6 is 0 Å². The average Bonchev–Trinajstić information content (AvgIpc) is 2.18. The molecule has 2 N–H and O–H groups in total. The number of hydrogen-bond acceptors (Lipinski definition) is 4. The number of rotatable bonds is 5. The molecular weight excluding hydrogens is 194 g/mol. The van der Waals surface area contributed by atoms with E-state index in [2.05, 4.69) is 15.3 Å². The van der Waals surface area contributed by atoms with Crippen LogP contribution in [-0.4, -0.2) is 27.1 Å². The molecule has 0 spiro atoms. The lowest BCUT2D eigenvalue weighted by Crippen LogP contribution is -2.40. The molecule has 1 aromatic heterocycles.